The van der Waals surface area contributed by atoms with Crippen LogP contribution in [-0.4, -0.2) is 26.1 Å². The predicted octanol–water partition coefficient (Wildman–Crippen LogP) is -1.49. The number of amides is 1. The first-order chi connectivity index (χ1) is 12.0. The van der Waals surface area contributed by atoms with Crippen LogP contribution < -0.4 is 49.5 Å². The van der Waals surface area contributed by atoms with Gasteiger partial charge in [0.1, 0.15) is 0 Å². The van der Waals surface area contributed by atoms with Crippen molar-refractivity contribution in [2.45, 2.75) is 51.0 Å². The molecule has 0 radical (unpaired) electrons. The van der Waals surface area contributed by atoms with Crippen LogP contribution in [0.15, 0.2) is 12.1 Å². The van der Waals surface area contributed by atoms with E-state index in [0.717, 1.165) is 36.8 Å². The van der Waals surface area contributed by atoms with Gasteiger partial charge in [-0.3, -0.25) is 4.79 Å². The molecule has 2 aliphatic rings. The van der Waals surface area contributed by atoms with E-state index in [9.17, 15) is 14.7 Å². The molecular weight excluding hydrogens is 345 g/mol. The smallest absolute Gasteiger partial charge is 0.550 e. The fraction of sp³-hybridized carbons (Fsp3) is 0.579. The molecule has 0 bridgehead atoms. The number of carboxylic acids is 1. The van der Waals surface area contributed by atoms with Crippen LogP contribution in [0.4, 0.5) is 0 Å². The molecule has 7 heteroatoms. The van der Waals surface area contributed by atoms with E-state index in [-0.39, 0.29) is 47.9 Å². The van der Waals surface area contributed by atoms with Gasteiger partial charge >= 0.3 is 29.6 Å². The number of hydrogen-bond acceptors (Lipinski definition) is 5. The number of hydrogen-bond donors (Lipinski definition) is 1. The minimum absolute atomic E-state index is 0. The number of carbonyl (C=O) groups is 2. The first-order valence-corrected chi connectivity index (χ1v) is 8.75. The molecule has 0 aromatic heterocycles. The fourth-order valence-corrected chi connectivity index (χ4v) is 3.60. The summed E-state index contributed by atoms with van der Waals surface area (Å²) in [6.07, 6.45) is 4.82. The molecule has 2 aliphatic carbocycles. The largest absolute Gasteiger partial charge is 1.00 e. The van der Waals surface area contributed by atoms with Crippen molar-refractivity contribution in [2.75, 3.05) is 14.2 Å². The van der Waals surface area contributed by atoms with Gasteiger partial charge < -0.3 is 24.7 Å². The first kappa shape index (κ1) is 21.1. The summed E-state index contributed by atoms with van der Waals surface area (Å²) in [5.74, 6) is -0.0254. The van der Waals surface area contributed by atoms with E-state index >= 15 is 0 Å². The summed E-state index contributed by atoms with van der Waals surface area (Å²) in [7, 11) is 3.19. The Morgan fingerprint density at radius 1 is 1.19 bits per heavy atom. The zero-order valence-electron chi connectivity index (χ0n) is 15.7. The molecule has 0 spiro atoms. The maximum absolute atomic E-state index is 12.4. The SMILES string of the molecule is COc1cc2c(cc1OC)C(NC(=O)CC1(C(=O)[O-])CC1)CCCC2.[Na+]. The number of carboxylic acid groups (broad SMARTS) is 1. The summed E-state index contributed by atoms with van der Waals surface area (Å²) in [4.78, 5) is 23.6. The van der Waals surface area contributed by atoms with Crippen LogP contribution in [0, 0.1) is 5.41 Å². The van der Waals surface area contributed by atoms with Crippen LogP contribution in [-0.2, 0) is 16.0 Å². The Morgan fingerprint density at radius 3 is 2.42 bits per heavy atom. The van der Waals surface area contributed by atoms with Gasteiger partial charge in [0.2, 0.25) is 5.91 Å². The molecule has 1 unspecified atom stereocenters. The summed E-state index contributed by atoms with van der Waals surface area (Å²) in [6.45, 7) is 0. The summed E-state index contributed by atoms with van der Waals surface area (Å²) >= 11 is 0. The standard InChI is InChI=1S/C19H25NO5.Na/c1-24-15-9-12-5-3-4-6-14(13(12)10-16(15)25-2)20-17(21)11-19(7-8-19)18(22)23;/h9-10,14H,3-8,11H2,1-2H3,(H,20,21)(H,22,23);/q;+1/p-1. The zero-order chi connectivity index (χ0) is 18.0. The molecule has 136 valence electrons. The summed E-state index contributed by atoms with van der Waals surface area (Å²) in [6, 6.07) is 3.76. The number of aryl methyl sites for hydroxylation is 1. The van der Waals surface area contributed by atoms with Crippen molar-refractivity contribution >= 4 is 11.9 Å². The second-order valence-corrected chi connectivity index (χ2v) is 7.02. The molecule has 26 heavy (non-hydrogen) atoms. The normalized spacial score (nSPS) is 20.0. The molecule has 1 aromatic rings. The molecule has 1 amide bonds. The third kappa shape index (κ3) is 4.35. The van der Waals surface area contributed by atoms with Crippen LogP contribution in [0.5, 0.6) is 11.5 Å². The zero-order valence-corrected chi connectivity index (χ0v) is 17.7. The number of carbonyl (C=O) groups excluding carboxylic acids is 2. The van der Waals surface area contributed by atoms with Gasteiger partial charge in [-0.15, -0.1) is 0 Å². The third-order valence-electron chi connectivity index (χ3n) is 5.33. The Hall–Kier alpha value is -1.24. The number of methoxy groups -OCH3 is 2. The molecular formula is C19H24NNaO5. The molecule has 1 aromatic carbocycles. The van der Waals surface area contributed by atoms with Crippen molar-refractivity contribution in [3.63, 3.8) is 0 Å². The first-order valence-electron chi connectivity index (χ1n) is 8.75. The molecule has 1 fully saturated rings. The number of aliphatic carboxylic acids is 1. The van der Waals surface area contributed by atoms with Crippen LogP contribution in [0.2, 0.25) is 0 Å². The van der Waals surface area contributed by atoms with Crippen LogP contribution in [0.1, 0.15) is 55.7 Å². The van der Waals surface area contributed by atoms with Crippen molar-refractivity contribution in [1.82, 2.24) is 5.32 Å². The maximum atomic E-state index is 12.4. The van der Waals surface area contributed by atoms with Crippen molar-refractivity contribution in [3.8, 4) is 11.5 Å². The van der Waals surface area contributed by atoms with E-state index in [2.05, 4.69) is 5.32 Å². The van der Waals surface area contributed by atoms with Crippen molar-refractivity contribution in [2.24, 2.45) is 5.41 Å². The fourth-order valence-electron chi connectivity index (χ4n) is 3.60. The number of ether oxygens (including phenoxy) is 2. The predicted molar refractivity (Wildman–Crippen MR) is 89.3 cm³/mol. The van der Waals surface area contributed by atoms with E-state index in [1.807, 2.05) is 12.1 Å². The molecule has 3 rings (SSSR count). The molecule has 0 heterocycles. The summed E-state index contributed by atoms with van der Waals surface area (Å²) in [5.41, 5.74) is 1.22. The van der Waals surface area contributed by atoms with E-state index in [0.29, 0.717) is 24.3 Å². The van der Waals surface area contributed by atoms with E-state index in [1.54, 1.807) is 14.2 Å². The maximum Gasteiger partial charge on any atom is 1.00 e. The quantitative estimate of drug-likeness (QED) is 0.488. The van der Waals surface area contributed by atoms with Crippen LogP contribution >= 0.6 is 0 Å². The van der Waals surface area contributed by atoms with Gasteiger partial charge in [0.25, 0.3) is 0 Å². The van der Waals surface area contributed by atoms with Crippen molar-refractivity contribution < 1.29 is 53.7 Å². The van der Waals surface area contributed by atoms with Crippen molar-refractivity contribution in [3.05, 3.63) is 23.3 Å². The molecule has 1 atom stereocenters. The second-order valence-electron chi connectivity index (χ2n) is 7.02. The number of benzene rings is 1. The molecule has 1 N–H and O–H groups in total. The van der Waals surface area contributed by atoms with Gasteiger partial charge in [0.05, 0.1) is 20.3 Å². The summed E-state index contributed by atoms with van der Waals surface area (Å²) in [5, 5.41) is 14.2. The Kier molecular flexibility index (Phi) is 6.99. The van der Waals surface area contributed by atoms with Crippen molar-refractivity contribution in [1.29, 1.82) is 0 Å². The Bertz CT molecular complexity index is 687. The number of nitrogens with one attached hydrogen (secondary N) is 1. The van der Waals surface area contributed by atoms with Crippen LogP contribution in [0.25, 0.3) is 0 Å². The van der Waals surface area contributed by atoms with Gasteiger partial charge in [-0.2, -0.15) is 0 Å². The second kappa shape index (κ2) is 8.63. The average molecular weight is 369 g/mol. The molecule has 6 nitrogen and oxygen atoms in total. The van der Waals surface area contributed by atoms with Gasteiger partial charge in [-0.1, -0.05) is 6.42 Å². The Morgan fingerprint density at radius 2 is 1.85 bits per heavy atom. The van der Waals surface area contributed by atoms with Gasteiger partial charge in [-0.25, -0.2) is 0 Å². The molecule has 1 saturated carbocycles. The Balaban J connectivity index is 0.00000243. The van der Waals surface area contributed by atoms with E-state index in [4.69, 9.17) is 9.47 Å². The minimum Gasteiger partial charge on any atom is -0.550 e. The van der Waals surface area contributed by atoms with Gasteiger partial charge in [0.15, 0.2) is 11.5 Å². The van der Waals surface area contributed by atoms with E-state index in [1.165, 1.54) is 0 Å². The topological polar surface area (TPSA) is 87.7 Å². The van der Waals surface area contributed by atoms with Gasteiger partial charge in [-0.05, 0) is 55.4 Å². The van der Waals surface area contributed by atoms with E-state index < -0.39 is 11.4 Å². The average Bonchev–Trinajstić information content (AvgIpc) is 3.39. The third-order valence-corrected chi connectivity index (χ3v) is 5.33. The monoisotopic (exact) mass is 369 g/mol. The molecule has 0 aliphatic heterocycles. The summed E-state index contributed by atoms with van der Waals surface area (Å²) < 4.78 is 10.8. The number of rotatable bonds is 6. The van der Waals surface area contributed by atoms with Crippen LogP contribution in [0.3, 0.4) is 0 Å². The Labute approximate surface area is 175 Å². The number of fused-ring (bicyclic) bond motifs is 1. The molecule has 0 saturated heterocycles. The van der Waals surface area contributed by atoms with Gasteiger partial charge in [0, 0.05) is 17.8 Å². The minimum atomic E-state index is -1.12.